The fourth-order valence-corrected chi connectivity index (χ4v) is 2.75. The topological polar surface area (TPSA) is 49.3 Å². The Morgan fingerprint density at radius 3 is 2.50 bits per heavy atom. The first-order chi connectivity index (χ1) is 8.73. The molecule has 0 amide bonds. The second-order valence-corrected chi connectivity index (χ2v) is 5.17. The van der Waals surface area contributed by atoms with E-state index in [2.05, 4.69) is 17.4 Å². The molecule has 0 aliphatic carbocycles. The Kier molecular flexibility index (Phi) is 4.37. The minimum absolute atomic E-state index is 0.486. The van der Waals surface area contributed by atoms with Crippen molar-refractivity contribution in [2.45, 2.75) is 32.1 Å². The third-order valence-corrected chi connectivity index (χ3v) is 3.98. The molecule has 1 fully saturated rings. The minimum atomic E-state index is -0.614. The van der Waals surface area contributed by atoms with Crippen LogP contribution in [-0.2, 0) is 11.2 Å². The third-order valence-electron chi connectivity index (χ3n) is 3.98. The van der Waals surface area contributed by atoms with Gasteiger partial charge in [-0.25, -0.2) is 0 Å². The zero-order chi connectivity index (χ0) is 12.8. The van der Waals surface area contributed by atoms with Gasteiger partial charge in [0.05, 0.1) is 5.41 Å². The Balaban J connectivity index is 1.88. The van der Waals surface area contributed by atoms with Crippen LogP contribution < -0.4 is 5.32 Å². The summed E-state index contributed by atoms with van der Waals surface area (Å²) < 4.78 is 0. The van der Waals surface area contributed by atoms with Gasteiger partial charge in [0.2, 0.25) is 0 Å². The maximum Gasteiger partial charge on any atom is 0.309 e. The van der Waals surface area contributed by atoms with Gasteiger partial charge in [-0.15, -0.1) is 0 Å². The normalized spacial score (nSPS) is 18.4. The Labute approximate surface area is 108 Å². The first-order valence-electron chi connectivity index (χ1n) is 6.71. The number of aliphatic carboxylic acids is 1. The summed E-state index contributed by atoms with van der Waals surface area (Å²) in [6, 6.07) is 10.3. The van der Waals surface area contributed by atoms with Crippen LogP contribution in [0.4, 0.5) is 0 Å². The van der Waals surface area contributed by atoms with Gasteiger partial charge in [0.1, 0.15) is 0 Å². The molecular weight excluding hydrogens is 226 g/mol. The number of rotatable bonds is 5. The second kappa shape index (κ2) is 6.01. The molecule has 0 bridgehead atoms. The van der Waals surface area contributed by atoms with Crippen LogP contribution in [0.3, 0.4) is 0 Å². The number of carboxylic acids is 1. The maximum atomic E-state index is 11.5. The molecule has 98 valence electrons. The molecule has 0 aromatic heterocycles. The van der Waals surface area contributed by atoms with E-state index in [1.54, 1.807) is 0 Å². The molecule has 1 aliphatic heterocycles. The van der Waals surface area contributed by atoms with Gasteiger partial charge in [-0.05, 0) is 50.8 Å². The third kappa shape index (κ3) is 3.10. The Morgan fingerprint density at radius 1 is 1.22 bits per heavy atom. The summed E-state index contributed by atoms with van der Waals surface area (Å²) in [6.07, 6.45) is 4.24. The van der Waals surface area contributed by atoms with Crippen LogP contribution in [0.5, 0.6) is 0 Å². The van der Waals surface area contributed by atoms with Crippen LogP contribution in [-0.4, -0.2) is 24.2 Å². The molecule has 1 heterocycles. The van der Waals surface area contributed by atoms with E-state index in [1.807, 2.05) is 18.2 Å². The molecule has 18 heavy (non-hydrogen) atoms. The predicted molar refractivity (Wildman–Crippen MR) is 71.6 cm³/mol. The molecule has 3 nitrogen and oxygen atoms in total. The summed E-state index contributed by atoms with van der Waals surface area (Å²) in [4.78, 5) is 11.5. The number of carboxylic acid groups (broad SMARTS) is 1. The number of hydrogen-bond acceptors (Lipinski definition) is 2. The molecular formula is C15H21NO2. The molecule has 0 saturated carbocycles. The summed E-state index contributed by atoms with van der Waals surface area (Å²) in [5.74, 6) is -0.614. The second-order valence-electron chi connectivity index (χ2n) is 5.17. The Bertz CT molecular complexity index is 383. The highest BCUT2D eigenvalue weighted by Gasteiger charge is 2.38. The Morgan fingerprint density at radius 2 is 1.89 bits per heavy atom. The Hall–Kier alpha value is -1.35. The molecule has 0 unspecified atom stereocenters. The summed E-state index contributed by atoms with van der Waals surface area (Å²) >= 11 is 0. The van der Waals surface area contributed by atoms with Crippen LogP contribution in [0, 0.1) is 5.41 Å². The van der Waals surface area contributed by atoms with E-state index in [9.17, 15) is 9.90 Å². The van der Waals surface area contributed by atoms with Crippen LogP contribution in [0.15, 0.2) is 30.3 Å². The first-order valence-corrected chi connectivity index (χ1v) is 6.71. The van der Waals surface area contributed by atoms with E-state index in [-0.39, 0.29) is 0 Å². The van der Waals surface area contributed by atoms with E-state index in [0.29, 0.717) is 0 Å². The van der Waals surface area contributed by atoms with Crippen molar-refractivity contribution in [3.8, 4) is 0 Å². The van der Waals surface area contributed by atoms with Crippen molar-refractivity contribution in [2.24, 2.45) is 5.41 Å². The van der Waals surface area contributed by atoms with Gasteiger partial charge in [-0.1, -0.05) is 30.3 Å². The fourth-order valence-electron chi connectivity index (χ4n) is 2.75. The lowest BCUT2D eigenvalue weighted by Gasteiger charge is -2.33. The monoisotopic (exact) mass is 247 g/mol. The largest absolute Gasteiger partial charge is 0.481 e. The van der Waals surface area contributed by atoms with Crippen molar-refractivity contribution in [3.63, 3.8) is 0 Å². The SMILES string of the molecule is O=C(O)C1(CCCc2ccccc2)CCNCC1. The van der Waals surface area contributed by atoms with Crippen LogP contribution in [0.2, 0.25) is 0 Å². The van der Waals surface area contributed by atoms with E-state index in [1.165, 1.54) is 5.56 Å². The van der Waals surface area contributed by atoms with Crippen LogP contribution >= 0.6 is 0 Å². The van der Waals surface area contributed by atoms with Gasteiger partial charge in [0, 0.05) is 0 Å². The number of aryl methyl sites for hydroxylation is 1. The lowest BCUT2D eigenvalue weighted by Crippen LogP contribution is -2.42. The highest BCUT2D eigenvalue weighted by molar-refractivity contribution is 5.74. The van der Waals surface area contributed by atoms with Crippen molar-refractivity contribution < 1.29 is 9.90 Å². The average Bonchev–Trinajstić information content (AvgIpc) is 2.41. The fraction of sp³-hybridized carbons (Fsp3) is 0.533. The summed E-state index contributed by atoms with van der Waals surface area (Å²) in [5, 5.41) is 12.7. The number of nitrogens with one attached hydrogen (secondary N) is 1. The molecule has 2 rings (SSSR count). The molecule has 0 radical (unpaired) electrons. The molecule has 0 atom stereocenters. The van der Waals surface area contributed by atoms with Crippen molar-refractivity contribution in [2.75, 3.05) is 13.1 Å². The maximum absolute atomic E-state index is 11.5. The van der Waals surface area contributed by atoms with Crippen molar-refractivity contribution in [3.05, 3.63) is 35.9 Å². The average molecular weight is 247 g/mol. The molecule has 1 aliphatic rings. The first kappa shape index (κ1) is 13.1. The zero-order valence-corrected chi connectivity index (χ0v) is 10.7. The van der Waals surface area contributed by atoms with Crippen molar-refractivity contribution in [1.82, 2.24) is 5.32 Å². The van der Waals surface area contributed by atoms with Gasteiger partial charge in [-0.2, -0.15) is 0 Å². The van der Waals surface area contributed by atoms with Crippen molar-refractivity contribution >= 4 is 5.97 Å². The molecule has 0 spiro atoms. The van der Waals surface area contributed by atoms with E-state index in [4.69, 9.17) is 0 Å². The van der Waals surface area contributed by atoms with Gasteiger partial charge < -0.3 is 10.4 Å². The highest BCUT2D eigenvalue weighted by atomic mass is 16.4. The lowest BCUT2D eigenvalue weighted by molar-refractivity contribution is -0.151. The van der Waals surface area contributed by atoms with Gasteiger partial charge in [0.15, 0.2) is 0 Å². The summed E-state index contributed by atoms with van der Waals surface area (Å²) in [6.45, 7) is 1.66. The molecule has 3 heteroatoms. The van der Waals surface area contributed by atoms with Gasteiger partial charge >= 0.3 is 5.97 Å². The van der Waals surface area contributed by atoms with Crippen molar-refractivity contribution in [1.29, 1.82) is 0 Å². The quantitative estimate of drug-likeness (QED) is 0.840. The number of hydrogen-bond donors (Lipinski definition) is 2. The molecule has 1 saturated heterocycles. The van der Waals surface area contributed by atoms with E-state index >= 15 is 0 Å². The summed E-state index contributed by atoms with van der Waals surface area (Å²) in [5.41, 5.74) is 0.812. The standard InChI is InChI=1S/C15H21NO2/c17-14(18)15(9-11-16-12-10-15)8-4-7-13-5-2-1-3-6-13/h1-3,5-6,16H,4,7-12H2,(H,17,18). The van der Waals surface area contributed by atoms with Gasteiger partial charge in [-0.3, -0.25) is 4.79 Å². The highest BCUT2D eigenvalue weighted by Crippen LogP contribution is 2.34. The lowest BCUT2D eigenvalue weighted by atomic mass is 9.75. The van der Waals surface area contributed by atoms with E-state index < -0.39 is 11.4 Å². The minimum Gasteiger partial charge on any atom is -0.481 e. The number of carbonyl (C=O) groups is 1. The summed E-state index contributed by atoms with van der Waals surface area (Å²) in [7, 11) is 0. The smallest absolute Gasteiger partial charge is 0.309 e. The van der Waals surface area contributed by atoms with Crippen LogP contribution in [0.25, 0.3) is 0 Å². The van der Waals surface area contributed by atoms with Gasteiger partial charge in [0.25, 0.3) is 0 Å². The predicted octanol–water partition coefficient (Wildman–Crippen LogP) is 2.46. The molecule has 1 aromatic carbocycles. The van der Waals surface area contributed by atoms with Crippen LogP contribution in [0.1, 0.15) is 31.2 Å². The molecule has 2 N–H and O–H groups in total. The molecule has 1 aromatic rings. The zero-order valence-electron chi connectivity index (χ0n) is 10.7. The van der Waals surface area contributed by atoms with E-state index in [0.717, 1.165) is 45.2 Å². The number of piperidine rings is 1. The number of benzene rings is 1.